The fraction of sp³-hybridized carbons (Fsp3) is 0.222. The molecule has 0 saturated heterocycles. The fourth-order valence-corrected chi connectivity index (χ4v) is 2.04. The van der Waals surface area contributed by atoms with Crippen molar-refractivity contribution in [1.82, 2.24) is 5.32 Å². The Kier molecular flexibility index (Phi) is 6.48. The van der Waals surface area contributed by atoms with E-state index in [2.05, 4.69) is 10.6 Å². The molecule has 25 heavy (non-hydrogen) atoms. The summed E-state index contributed by atoms with van der Waals surface area (Å²) in [5.74, 6) is 1.83. The highest BCUT2D eigenvalue weighted by Gasteiger charge is 2.04. The smallest absolute Gasteiger partial charge is 0.319 e. The van der Waals surface area contributed by atoms with Crippen molar-refractivity contribution in [2.45, 2.75) is 0 Å². The molecule has 2 amide bonds. The van der Waals surface area contributed by atoms with Crippen LogP contribution in [0.25, 0.3) is 0 Å². The Bertz CT molecular complexity index is 749. The van der Waals surface area contributed by atoms with E-state index in [0.717, 1.165) is 0 Å². The Morgan fingerprint density at radius 1 is 1.08 bits per heavy atom. The molecule has 0 atom stereocenters. The number of hydrogen-bond donors (Lipinski definition) is 2. The molecule has 2 N–H and O–H groups in total. The first-order valence-corrected chi connectivity index (χ1v) is 7.55. The normalized spacial score (nSPS) is 9.64. The van der Waals surface area contributed by atoms with Crippen LogP contribution in [0.4, 0.5) is 10.5 Å². The lowest BCUT2D eigenvalue weighted by molar-refractivity contribution is 0.247. The molecule has 0 unspecified atom stereocenters. The molecule has 7 heteroatoms. The van der Waals surface area contributed by atoms with E-state index in [1.807, 2.05) is 6.07 Å². The van der Waals surface area contributed by atoms with Gasteiger partial charge in [0.15, 0.2) is 0 Å². The summed E-state index contributed by atoms with van der Waals surface area (Å²) in [4.78, 5) is 11.8. The zero-order chi connectivity index (χ0) is 18.1. The minimum atomic E-state index is -0.373. The summed E-state index contributed by atoms with van der Waals surface area (Å²) in [6.07, 6.45) is 0. The van der Waals surface area contributed by atoms with Crippen molar-refractivity contribution in [2.75, 3.05) is 32.7 Å². The summed E-state index contributed by atoms with van der Waals surface area (Å²) < 4.78 is 15.9. The van der Waals surface area contributed by atoms with Gasteiger partial charge >= 0.3 is 6.03 Å². The molecule has 2 aromatic carbocycles. The minimum absolute atomic E-state index is 0.280. The van der Waals surface area contributed by atoms with Crippen molar-refractivity contribution in [3.8, 4) is 23.3 Å². The van der Waals surface area contributed by atoms with Crippen LogP contribution in [-0.4, -0.2) is 33.4 Å². The average Bonchev–Trinajstić information content (AvgIpc) is 2.65. The maximum absolute atomic E-state index is 11.8. The highest BCUT2D eigenvalue weighted by Crippen LogP contribution is 2.27. The molecule has 0 spiro atoms. The van der Waals surface area contributed by atoms with Gasteiger partial charge in [-0.1, -0.05) is 6.07 Å². The van der Waals surface area contributed by atoms with E-state index in [4.69, 9.17) is 19.5 Å². The molecule has 0 aliphatic carbocycles. The fourth-order valence-electron chi connectivity index (χ4n) is 2.04. The van der Waals surface area contributed by atoms with Crippen molar-refractivity contribution in [3.63, 3.8) is 0 Å². The summed E-state index contributed by atoms with van der Waals surface area (Å²) >= 11 is 0. The third kappa shape index (κ3) is 5.62. The summed E-state index contributed by atoms with van der Waals surface area (Å²) in [7, 11) is 3.12. The number of carbonyl (C=O) groups is 1. The molecule has 0 aromatic heterocycles. The molecular formula is C18H19N3O4. The average molecular weight is 341 g/mol. The van der Waals surface area contributed by atoms with E-state index in [-0.39, 0.29) is 12.6 Å². The van der Waals surface area contributed by atoms with E-state index in [0.29, 0.717) is 35.0 Å². The van der Waals surface area contributed by atoms with Gasteiger partial charge in [0.25, 0.3) is 0 Å². The number of nitrogens with one attached hydrogen (secondary N) is 2. The maximum atomic E-state index is 11.8. The number of ether oxygens (including phenoxy) is 3. The third-order valence-electron chi connectivity index (χ3n) is 3.23. The van der Waals surface area contributed by atoms with E-state index >= 15 is 0 Å². The highest BCUT2D eigenvalue weighted by atomic mass is 16.5. The lowest BCUT2D eigenvalue weighted by atomic mass is 10.2. The van der Waals surface area contributed by atoms with Crippen molar-refractivity contribution < 1.29 is 19.0 Å². The van der Waals surface area contributed by atoms with E-state index < -0.39 is 0 Å². The standard InChI is InChI=1S/C18H19N3O4/c1-23-15-9-16(24-2)11-17(10-15)25-7-6-20-18(22)21-14-5-3-4-13(8-14)12-19/h3-5,8-11H,6-7H2,1-2H3,(H2,20,21,22). The Morgan fingerprint density at radius 2 is 1.76 bits per heavy atom. The second-order valence-corrected chi connectivity index (χ2v) is 4.97. The first kappa shape index (κ1) is 17.9. The molecule has 0 bridgehead atoms. The molecule has 0 saturated carbocycles. The Morgan fingerprint density at radius 3 is 2.40 bits per heavy atom. The molecule has 7 nitrogen and oxygen atoms in total. The van der Waals surface area contributed by atoms with E-state index in [9.17, 15) is 4.79 Å². The quantitative estimate of drug-likeness (QED) is 0.756. The van der Waals surface area contributed by atoms with Crippen LogP contribution in [0.15, 0.2) is 42.5 Å². The zero-order valence-electron chi connectivity index (χ0n) is 14.0. The lowest BCUT2D eigenvalue weighted by Gasteiger charge is -2.11. The molecule has 2 aromatic rings. The molecular weight excluding hydrogens is 322 g/mol. The zero-order valence-corrected chi connectivity index (χ0v) is 14.0. The second-order valence-electron chi connectivity index (χ2n) is 4.97. The predicted octanol–water partition coefficient (Wildman–Crippen LogP) is 2.78. The van der Waals surface area contributed by atoms with Crippen LogP contribution in [0.1, 0.15) is 5.56 Å². The second kappa shape index (κ2) is 9.03. The third-order valence-corrected chi connectivity index (χ3v) is 3.23. The van der Waals surface area contributed by atoms with Gasteiger partial charge in [0.2, 0.25) is 0 Å². The summed E-state index contributed by atoms with van der Waals surface area (Å²) in [6.45, 7) is 0.589. The largest absolute Gasteiger partial charge is 0.496 e. The minimum Gasteiger partial charge on any atom is -0.496 e. The summed E-state index contributed by atoms with van der Waals surface area (Å²) in [5, 5.41) is 14.2. The van der Waals surface area contributed by atoms with Crippen LogP contribution in [0.5, 0.6) is 17.2 Å². The first-order valence-electron chi connectivity index (χ1n) is 7.55. The Balaban J connectivity index is 1.79. The van der Waals surface area contributed by atoms with Crippen LogP contribution in [0.3, 0.4) is 0 Å². The van der Waals surface area contributed by atoms with Gasteiger partial charge in [0.1, 0.15) is 23.9 Å². The summed E-state index contributed by atoms with van der Waals surface area (Å²) in [5.41, 5.74) is 1.03. The molecule has 2 rings (SSSR count). The summed E-state index contributed by atoms with van der Waals surface area (Å²) in [6, 6.07) is 13.5. The van der Waals surface area contributed by atoms with Gasteiger partial charge < -0.3 is 24.8 Å². The van der Waals surface area contributed by atoms with Gasteiger partial charge in [-0.25, -0.2) is 4.79 Å². The first-order chi connectivity index (χ1) is 12.1. The molecule has 0 heterocycles. The van der Waals surface area contributed by atoms with Crippen molar-refractivity contribution >= 4 is 11.7 Å². The number of amides is 2. The predicted molar refractivity (Wildman–Crippen MR) is 93.2 cm³/mol. The van der Waals surface area contributed by atoms with Crippen LogP contribution >= 0.6 is 0 Å². The number of nitriles is 1. The number of hydrogen-bond acceptors (Lipinski definition) is 5. The number of nitrogens with zero attached hydrogens (tertiary/aromatic N) is 1. The molecule has 0 aliphatic rings. The number of methoxy groups -OCH3 is 2. The number of anilines is 1. The lowest BCUT2D eigenvalue weighted by Crippen LogP contribution is -2.32. The van der Waals surface area contributed by atoms with E-state index in [1.165, 1.54) is 0 Å². The van der Waals surface area contributed by atoms with Crippen molar-refractivity contribution in [3.05, 3.63) is 48.0 Å². The molecule has 0 fully saturated rings. The SMILES string of the molecule is COc1cc(OC)cc(OCCNC(=O)Nc2cccc(C#N)c2)c1. The number of benzene rings is 2. The van der Waals surface area contributed by atoms with Gasteiger partial charge in [-0.2, -0.15) is 5.26 Å². The maximum Gasteiger partial charge on any atom is 0.319 e. The number of carbonyl (C=O) groups excluding carboxylic acids is 1. The molecule has 130 valence electrons. The van der Waals surface area contributed by atoms with Crippen molar-refractivity contribution in [2.24, 2.45) is 0 Å². The monoisotopic (exact) mass is 341 g/mol. The van der Waals surface area contributed by atoms with Crippen LogP contribution in [0, 0.1) is 11.3 Å². The van der Waals surface area contributed by atoms with Crippen LogP contribution < -0.4 is 24.8 Å². The Labute approximate surface area is 146 Å². The van der Waals surface area contributed by atoms with Gasteiger partial charge in [-0.15, -0.1) is 0 Å². The number of urea groups is 1. The molecule has 0 radical (unpaired) electrons. The Hall–Kier alpha value is -3.40. The topological polar surface area (TPSA) is 92.6 Å². The van der Waals surface area contributed by atoms with Gasteiger partial charge in [0, 0.05) is 23.9 Å². The van der Waals surface area contributed by atoms with Gasteiger partial charge in [-0.05, 0) is 18.2 Å². The highest BCUT2D eigenvalue weighted by molar-refractivity contribution is 5.89. The van der Waals surface area contributed by atoms with Crippen molar-refractivity contribution in [1.29, 1.82) is 5.26 Å². The van der Waals surface area contributed by atoms with Gasteiger partial charge in [-0.3, -0.25) is 0 Å². The van der Waals surface area contributed by atoms with Gasteiger partial charge in [0.05, 0.1) is 32.4 Å². The molecule has 0 aliphatic heterocycles. The van der Waals surface area contributed by atoms with Crippen LogP contribution in [0.2, 0.25) is 0 Å². The van der Waals surface area contributed by atoms with Crippen LogP contribution in [-0.2, 0) is 0 Å². The number of rotatable bonds is 7. The van der Waals surface area contributed by atoms with E-state index in [1.54, 1.807) is 56.7 Å².